The van der Waals surface area contributed by atoms with Crippen LogP contribution >= 0.6 is 0 Å². The minimum Gasteiger partial charge on any atom is -0.459 e. The van der Waals surface area contributed by atoms with Gasteiger partial charge in [-0.2, -0.15) is 0 Å². The van der Waals surface area contributed by atoms with Crippen molar-refractivity contribution in [2.45, 2.75) is 23.6 Å². The van der Waals surface area contributed by atoms with Crippen LogP contribution in [-0.4, -0.2) is 44.9 Å². The van der Waals surface area contributed by atoms with Crippen LogP contribution in [0.1, 0.15) is 23.0 Å². The zero-order valence-electron chi connectivity index (χ0n) is 13.4. The Morgan fingerprint density at radius 3 is 2.75 bits per heavy atom. The fourth-order valence-corrected chi connectivity index (χ4v) is 4.19. The number of benzene rings is 1. The topological polar surface area (TPSA) is 79.6 Å². The maximum Gasteiger partial charge on any atom is 0.289 e. The third-order valence-electron chi connectivity index (χ3n) is 4.04. The lowest BCUT2D eigenvalue weighted by Gasteiger charge is -2.31. The van der Waals surface area contributed by atoms with Crippen molar-refractivity contribution >= 4 is 15.7 Å². The van der Waals surface area contributed by atoms with Crippen molar-refractivity contribution in [1.82, 2.24) is 10.2 Å². The van der Waals surface area contributed by atoms with Crippen LogP contribution in [0.3, 0.4) is 0 Å². The van der Waals surface area contributed by atoms with Gasteiger partial charge in [0.15, 0.2) is 15.6 Å². The summed E-state index contributed by atoms with van der Waals surface area (Å²) >= 11 is 0. The predicted molar refractivity (Wildman–Crippen MR) is 89.4 cm³/mol. The molecule has 1 fully saturated rings. The highest BCUT2D eigenvalue weighted by atomic mass is 32.2. The van der Waals surface area contributed by atoms with Gasteiger partial charge in [-0.05, 0) is 25.1 Å². The van der Waals surface area contributed by atoms with E-state index in [1.54, 1.807) is 41.3 Å². The molecule has 1 amide bonds. The normalized spacial score (nSPS) is 18.5. The van der Waals surface area contributed by atoms with E-state index in [0.29, 0.717) is 25.2 Å². The highest BCUT2D eigenvalue weighted by Crippen LogP contribution is 2.21. The lowest BCUT2D eigenvalue weighted by molar-refractivity contribution is 0.0676. The van der Waals surface area contributed by atoms with Crippen LogP contribution in [0.2, 0.25) is 0 Å². The summed E-state index contributed by atoms with van der Waals surface area (Å²) in [4.78, 5) is 14.6. The van der Waals surface area contributed by atoms with Gasteiger partial charge in [-0.25, -0.2) is 8.42 Å². The van der Waals surface area contributed by atoms with E-state index in [1.165, 1.54) is 6.26 Å². The Bertz CT molecular complexity index is 814. The summed E-state index contributed by atoms with van der Waals surface area (Å²) in [5.41, 5.74) is 0.398. The number of furan rings is 1. The second kappa shape index (κ2) is 6.78. The van der Waals surface area contributed by atoms with E-state index in [-0.39, 0.29) is 28.4 Å². The van der Waals surface area contributed by atoms with E-state index in [9.17, 15) is 13.2 Å². The molecule has 1 saturated heterocycles. The first kappa shape index (κ1) is 16.7. The maximum atomic E-state index is 12.7. The molecule has 1 aliphatic heterocycles. The largest absolute Gasteiger partial charge is 0.459 e. The molecule has 0 bridgehead atoms. The van der Waals surface area contributed by atoms with Gasteiger partial charge < -0.3 is 14.6 Å². The number of sulfone groups is 1. The molecule has 128 valence electrons. The number of hydrogen-bond acceptors (Lipinski definition) is 5. The molecular formula is C17H20N2O4S. The van der Waals surface area contributed by atoms with Crippen LogP contribution in [-0.2, 0) is 15.6 Å². The standard InChI is InChI=1S/C17H20N2O4S/c1-13-11-19(9-8-18-13)17(20)16-14(7-10-23-16)12-24(21,22)15-5-3-2-4-6-15/h2-7,10,13,18H,8-9,11-12H2,1H3/t13-/m0/s1. The van der Waals surface area contributed by atoms with Gasteiger partial charge in [-0.15, -0.1) is 0 Å². The summed E-state index contributed by atoms with van der Waals surface area (Å²) in [6.07, 6.45) is 1.37. The lowest BCUT2D eigenvalue weighted by Crippen LogP contribution is -2.51. The summed E-state index contributed by atoms with van der Waals surface area (Å²) in [7, 11) is -3.52. The third kappa shape index (κ3) is 3.52. The number of piperazine rings is 1. The van der Waals surface area contributed by atoms with E-state index in [1.807, 2.05) is 6.92 Å². The molecule has 0 saturated carbocycles. The van der Waals surface area contributed by atoms with Crippen LogP contribution < -0.4 is 5.32 Å². The molecule has 1 aromatic carbocycles. The monoisotopic (exact) mass is 348 g/mol. The Balaban J connectivity index is 1.82. The van der Waals surface area contributed by atoms with E-state index in [2.05, 4.69) is 5.32 Å². The number of hydrogen-bond donors (Lipinski definition) is 1. The average molecular weight is 348 g/mol. The van der Waals surface area contributed by atoms with Gasteiger partial charge in [-0.1, -0.05) is 18.2 Å². The molecular weight excluding hydrogens is 328 g/mol. The second-order valence-corrected chi connectivity index (χ2v) is 7.94. The van der Waals surface area contributed by atoms with Crippen LogP contribution in [0, 0.1) is 0 Å². The first-order valence-corrected chi connectivity index (χ1v) is 9.49. The van der Waals surface area contributed by atoms with Crippen molar-refractivity contribution in [2.24, 2.45) is 0 Å². The first-order chi connectivity index (χ1) is 11.5. The molecule has 0 radical (unpaired) electrons. The van der Waals surface area contributed by atoms with Crippen molar-refractivity contribution in [1.29, 1.82) is 0 Å². The Labute approximate surface area is 141 Å². The van der Waals surface area contributed by atoms with Crippen molar-refractivity contribution in [3.63, 3.8) is 0 Å². The van der Waals surface area contributed by atoms with Crippen molar-refractivity contribution in [2.75, 3.05) is 19.6 Å². The van der Waals surface area contributed by atoms with Crippen LogP contribution in [0.4, 0.5) is 0 Å². The summed E-state index contributed by atoms with van der Waals surface area (Å²) in [6, 6.07) is 9.97. The summed E-state index contributed by atoms with van der Waals surface area (Å²) < 4.78 is 30.4. The molecule has 2 aromatic rings. The Hall–Kier alpha value is -2.12. The molecule has 1 N–H and O–H groups in total. The first-order valence-electron chi connectivity index (χ1n) is 7.84. The number of carbonyl (C=O) groups is 1. The zero-order valence-corrected chi connectivity index (χ0v) is 14.3. The Morgan fingerprint density at radius 1 is 1.29 bits per heavy atom. The molecule has 0 aliphatic carbocycles. The summed E-state index contributed by atoms with van der Waals surface area (Å²) in [5.74, 6) is -0.397. The third-order valence-corrected chi connectivity index (χ3v) is 5.73. The maximum absolute atomic E-state index is 12.7. The molecule has 6 nitrogen and oxygen atoms in total. The fraction of sp³-hybridized carbons (Fsp3) is 0.353. The molecule has 2 heterocycles. The molecule has 24 heavy (non-hydrogen) atoms. The minimum atomic E-state index is -3.52. The highest BCUT2D eigenvalue weighted by Gasteiger charge is 2.28. The van der Waals surface area contributed by atoms with Crippen molar-refractivity contribution in [3.8, 4) is 0 Å². The number of amides is 1. The van der Waals surface area contributed by atoms with Gasteiger partial charge in [-0.3, -0.25) is 4.79 Å². The van der Waals surface area contributed by atoms with Gasteiger partial charge >= 0.3 is 0 Å². The van der Waals surface area contributed by atoms with Crippen molar-refractivity contribution in [3.05, 3.63) is 54.0 Å². The SMILES string of the molecule is C[C@H]1CN(C(=O)c2occc2CS(=O)(=O)c2ccccc2)CCN1. The number of carbonyl (C=O) groups excluding carboxylic acids is 1. The van der Waals surface area contributed by atoms with Gasteiger partial charge in [0.05, 0.1) is 16.9 Å². The zero-order chi connectivity index (χ0) is 17.2. The highest BCUT2D eigenvalue weighted by molar-refractivity contribution is 7.90. The Morgan fingerprint density at radius 2 is 2.04 bits per heavy atom. The van der Waals surface area contributed by atoms with E-state index < -0.39 is 9.84 Å². The molecule has 1 aliphatic rings. The summed E-state index contributed by atoms with van der Waals surface area (Å²) in [6.45, 7) is 3.87. The number of nitrogens with zero attached hydrogens (tertiary/aromatic N) is 1. The molecule has 7 heteroatoms. The fourth-order valence-electron chi connectivity index (χ4n) is 2.81. The molecule has 0 unspecified atom stereocenters. The van der Waals surface area contributed by atoms with E-state index in [4.69, 9.17) is 4.42 Å². The second-order valence-electron chi connectivity index (χ2n) is 5.95. The van der Waals surface area contributed by atoms with Gasteiger partial charge in [0.2, 0.25) is 0 Å². The van der Waals surface area contributed by atoms with Crippen LogP contribution in [0.15, 0.2) is 52.0 Å². The van der Waals surface area contributed by atoms with Crippen molar-refractivity contribution < 1.29 is 17.6 Å². The lowest BCUT2D eigenvalue weighted by atomic mass is 10.2. The Kier molecular flexibility index (Phi) is 4.73. The molecule has 1 aromatic heterocycles. The van der Waals surface area contributed by atoms with Crippen LogP contribution in [0.5, 0.6) is 0 Å². The minimum absolute atomic E-state index is 0.114. The van der Waals surface area contributed by atoms with E-state index >= 15 is 0 Å². The number of nitrogens with one attached hydrogen (secondary N) is 1. The van der Waals surface area contributed by atoms with Crippen LogP contribution in [0.25, 0.3) is 0 Å². The quantitative estimate of drug-likeness (QED) is 0.909. The molecule has 1 atom stereocenters. The number of rotatable bonds is 4. The molecule has 3 rings (SSSR count). The van der Waals surface area contributed by atoms with Gasteiger partial charge in [0.1, 0.15) is 0 Å². The van der Waals surface area contributed by atoms with Gasteiger partial charge in [0, 0.05) is 31.2 Å². The smallest absolute Gasteiger partial charge is 0.289 e. The predicted octanol–water partition coefficient (Wildman–Crippen LogP) is 1.69. The summed E-state index contributed by atoms with van der Waals surface area (Å²) in [5, 5.41) is 3.27. The molecule has 0 spiro atoms. The van der Waals surface area contributed by atoms with Gasteiger partial charge in [0.25, 0.3) is 5.91 Å². The average Bonchev–Trinajstić information content (AvgIpc) is 3.02. The van der Waals surface area contributed by atoms with E-state index in [0.717, 1.165) is 0 Å².